The van der Waals surface area contributed by atoms with Gasteiger partial charge < -0.3 is 19.6 Å². The quantitative estimate of drug-likeness (QED) is 0.300. The first-order valence-corrected chi connectivity index (χ1v) is 11.0. The first-order valence-electron chi connectivity index (χ1n) is 10.6. The number of carboxylic acids is 1. The van der Waals surface area contributed by atoms with Crippen molar-refractivity contribution >= 4 is 28.5 Å². The maximum absolute atomic E-state index is 12.0. The van der Waals surface area contributed by atoms with Gasteiger partial charge in [-0.1, -0.05) is 60.1 Å². The summed E-state index contributed by atoms with van der Waals surface area (Å²) in [7, 11) is 1.58. The van der Waals surface area contributed by atoms with Crippen molar-refractivity contribution in [3.63, 3.8) is 0 Å². The lowest BCUT2D eigenvalue weighted by molar-refractivity contribution is -0.139. The molecule has 4 rings (SSSR count). The van der Waals surface area contributed by atoms with E-state index in [1.807, 2.05) is 72.9 Å². The smallest absolute Gasteiger partial charge is 0.321 e. The van der Waals surface area contributed by atoms with Gasteiger partial charge >= 0.3 is 5.97 Å². The average molecular weight is 465 g/mol. The average Bonchev–Trinajstić information content (AvgIpc) is 3.24. The van der Waals surface area contributed by atoms with Crippen LogP contribution in [0.5, 0.6) is 11.5 Å². The van der Waals surface area contributed by atoms with Gasteiger partial charge in [-0.15, -0.1) is 0 Å². The van der Waals surface area contributed by atoms with Crippen LogP contribution in [0.1, 0.15) is 16.7 Å². The summed E-state index contributed by atoms with van der Waals surface area (Å²) in [6.45, 7) is 0.569. The van der Waals surface area contributed by atoms with Crippen LogP contribution in [0, 0.1) is 0 Å². The first-order chi connectivity index (χ1) is 16.1. The Bertz CT molecular complexity index is 1250. The number of fused-ring (bicyclic) bond motifs is 1. The minimum atomic E-state index is -0.915. The van der Waals surface area contributed by atoms with Crippen LogP contribution in [0.3, 0.4) is 0 Å². The number of methoxy groups -OCH3 is 1. The summed E-state index contributed by atoms with van der Waals surface area (Å²) in [5.74, 6) is 0.218. The number of carboxylic acid groups (broad SMARTS) is 1. The summed E-state index contributed by atoms with van der Waals surface area (Å²) in [5, 5.41) is 14.6. The van der Waals surface area contributed by atoms with Crippen molar-refractivity contribution in [1.82, 2.24) is 10.3 Å². The highest BCUT2D eigenvalue weighted by molar-refractivity contribution is 6.31. The van der Waals surface area contributed by atoms with Crippen LogP contribution in [-0.2, 0) is 24.4 Å². The number of aliphatic carboxylic acids is 1. The molecule has 0 saturated heterocycles. The van der Waals surface area contributed by atoms with E-state index in [4.69, 9.17) is 21.1 Å². The molecule has 0 aliphatic carbocycles. The zero-order valence-electron chi connectivity index (χ0n) is 18.2. The minimum absolute atomic E-state index is 0.269. The Kier molecular flexibility index (Phi) is 7.17. The number of rotatable bonds is 10. The van der Waals surface area contributed by atoms with E-state index in [-0.39, 0.29) is 6.61 Å². The van der Waals surface area contributed by atoms with Crippen LogP contribution in [-0.4, -0.2) is 29.2 Å². The van der Waals surface area contributed by atoms with E-state index in [1.54, 1.807) is 7.11 Å². The van der Waals surface area contributed by atoms with E-state index >= 15 is 0 Å². The maximum atomic E-state index is 12.0. The van der Waals surface area contributed by atoms with Crippen molar-refractivity contribution in [3.05, 3.63) is 94.6 Å². The van der Waals surface area contributed by atoms with E-state index in [9.17, 15) is 9.90 Å². The van der Waals surface area contributed by atoms with E-state index in [0.29, 0.717) is 29.5 Å². The Morgan fingerprint density at radius 2 is 1.79 bits per heavy atom. The maximum Gasteiger partial charge on any atom is 0.321 e. The van der Waals surface area contributed by atoms with Gasteiger partial charge in [-0.2, -0.15) is 0 Å². The SMILES string of the molecule is COc1cccc(CN[C@@H](Cc2c[nH]c3ccccc23)C(=O)O)c1OCc1ccccc1Cl. The summed E-state index contributed by atoms with van der Waals surface area (Å²) in [4.78, 5) is 15.2. The second-order valence-electron chi connectivity index (χ2n) is 7.66. The van der Waals surface area contributed by atoms with E-state index in [1.165, 1.54) is 0 Å². The number of H-pyrrole nitrogens is 1. The Morgan fingerprint density at radius 1 is 1.03 bits per heavy atom. The van der Waals surface area contributed by atoms with Crippen molar-refractivity contribution in [1.29, 1.82) is 0 Å². The summed E-state index contributed by atoms with van der Waals surface area (Å²) < 4.78 is 11.6. The summed E-state index contributed by atoms with van der Waals surface area (Å²) in [6.07, 6.45) is 2.21. The van der Waals surface area contributed by atoms with Crippen molar-refractivity contribution in [2.24, 2.45) is 0 Å². The van der Waals surface area contributed by atoms with Crippen molar-refractivity contribution < 1.29 is 19.4 Å². The fourth-order valence-corrected chi connectivity index (χ4v) is 3.98. The first kappa shape index (κ1) is 22.7. The van der Waals surface area contributed by atoms with Gasteiger partial charge in [0.15, 0.2) is 11.5 Å². The fourth-order valence-electron chi connectivity index (χ4n) is 3.79. The number of para-hydroxylation sites is 2. The number of ether oxygens (including phenoxy) is 2. The molecule has 1 atom stereocenters. The largest absolute Gasteiger partial charge is 0.493 e. The molecule has 0 aliphatic rings. The molecule has 0 unspecified atom stereocenters. The molecule has 0 radical (unpaired) electrons. The standard InChI is InChI=1S/C26H25ClN2O4/c1-32-24-12-6-8-17(25(24)33-16-18-7-2-4-10-21(18)27)14-29-23(26(30)31)13-19-15-28-22-11-5-3-9-20(19)22/h2-12,15,23,28-29H,13-14,16H2,1H3,(H,30,31)/t23-/m0/s1. The van der Waals surface area contributed by atoms with Gasteiger partial charge in [-0.3, -0.25) is 10.1 Å². The number of benzene rings is 3. The predicted molar refractivity (Wildman–Crippen MR) is 129 cm³/mol. The molecule has 7 heteroatoms. The zero-order valence-corrected chi connectivity index (χ0v) is 18.9. The summed E-state index contributed by atoms with van der Waals surface area (Å²) in [5.41, 5.74) is 3.59. The number of hydrogen-bond acceptors (Lipinski definition) is 4. The molecule has 4 aromatic rings. The van der Waals surface area contributed by atoms with E-state index in [0.717, 1.165) is 27.6 Å². The fraction of sp³-hybridized carbons (Fsp3) is 0.192. The molecule has 0 amide bonds. The molecule has 3 N–H and O–H groups in total. The van der Waals surface area contributed by atoms with Gasteiger partial charge in [0.25, 0.3) is 0 Å². The normalized spacial score (nSPS) is 11.9. The lowest BCUT2D eigenvalue weighted by Gasteiger charge is -2.18. The van der Waals surface area contributed by atoms with Crippen molar-refractivity contribution in [2.45, 2.75) is 25.6 Å². The van der Waals surface area contributed by atoms with Crippen molar-refractivity contribution in [3.8, 4) is 11.5 Å². The van der Waals surface area contributed by atoms with Crippen LogP contribution in [0.15, 0.2) is 72.9 Å². The van der Waals surface area contributed by atoms with E-state index < -0.39 is 12.0 Å². The monoisotopic (exact) mass is 464 g/mol. The lowest BCUT2D eigenvalue weighted by Crippen LogP contribution is -2.38. The van der Waals surface area contributed by atoms with Gasteiger partial charge in [-0.05, 0) is 23.8 Å². The van der Waals surface area contributed by atoms with Gasteiger partial charge in [0.05, 0.1) is 7.11 Å². The summed E-state index contributed by atoms with van der Waals surface area (Å²) in [6, 6.07) is 20.1. The van der Waals surface area contributed by atoms with Gasteiger partial charge in [0.1, 0.15) is 12.6 Å². The second-order valence-corrected chi connectivity index (χ2v) is 8.07. The molecule has 1 aromatic heterocycles. The van der Waals surface area contributed by atoms with Crippen LogP contribution in [0.25, 0.3) is 10.9 Å². The van der Waals surface area contributed by atoms with Gasteiger partial charge in [0, 0.05) is 46.2 Å². The van der Waals surface area contributed by atoms with Crippen molar-refractivity contribution in [2.75, 3.05) is 7.11 Å². The minimum Gasteiger partial charge on any atom is -0.493 e. The highest BCUT2D eigenvalue weighted by Crippen LogP contribution is 2.32. The predicted octanol–water partition coefficient (Wildman–Crippen LogP) is 5.19. The third-order valence-corrected chi connectivity index (χ3v) is 5.91. The highest BCUT2D eigenvalue weighted by Gasteiger charge is 2.21. The Labute approximate surface area is 197 Å². The molecule has 0 fully saturated rings. The number of aromatic nitrogens is 1. The zero-order chi connectivity index (χ0) is 23.2. The molecule has 0 aliphatic heterocycles. The van der Waals surface area contributed by atoms with Crippen LogP contribution >= 0.6 is 11.6 Å². The highest BCUT2D eigenvalue weighted by atomic mass is 35.5. The lowest BCUT2D eigenvalue weighted by atomic mass is 10.0. The topological polar surface area (TPSA) is 83.6 Å². The van der Waals surface area contributed by atoms with Gasteiger partial charge in [0.2, 0.25) is 0 Å². The molecular formula is C26H25ClN2O4. The number of hydrogen-bond donors (Lipinski definition) is 3. The Morgan fingerprint density at radius 3 is 2.58 bits per heavy atom. The number of aromatic amines is 1. The number of carbonyl (C=O) groups is 1. The molecule has 0 bridgehead atoms. The number of nitrogens with one attached hydrogen (secondary N) is 2. The molecule has 3 aromatic carbocycles. The Hall–Kier alpha value is -3.48. The van der Waals surface area contributed by atoms with Crippen LogP contribution in [0.4, 0.5) is 0 Å². The summed E-state index contributed by atoms with van der Waals surface area (Å²) >= 11 is 6.26. The molecule has 33 heavy (non-hydrogen) atoms. The second kappa shape index (κ2) is 10.4. The molecular weight excluding hydrogens is 440 g/mol. The van der Waals surface area contributed by atoms with Crippen LogP contribution < -0.4 is 14.8 Å². The Balaban J connectivity index is 1.51. The third-order valence-electron chi connectivity index (χ3n) is 5.55. The number of halogens is 1. The van der Waals surface area contributed by atoms with Gasteiger partial charge in [-0.25, -0.2) is 0 Å². The molecule has 1 heterocycles. The van der Waals surface area contributed by atoms with Crippen LogP contribution in [0.2, 0.25) is 5.02 Å². The molecule has 6 nitrogen and oxygen atoms in total. The molecule has 0 spiro atoms. The molecule has 0 saturated carbocycles. The van der Waals surface area contributed by atoms with E-state index in [2.05, 4.69) is 10.3 Å². The molecule has 170 valence electrons. The third kappa shape index (κ3) is 5.30.